The fourth-order valence-electron chi connectivity index (χ4n) is 3.79. The molecule has 0 atom stereocenters. The minimum atomic E-state index is -4.95. The maximum absolute atomic E-state index is 13.8. The number of nitrogen functional groups attached to an aromatic ring is 1. The topological polar surface area (TPSA) is 124 Å². The molecule has 12 heteroatoms. The summed E-state index contributed by atoms with van der Waals surface area (Å²) in [7, 11) is -3.56. The van der Waals surface area contributed by atoms with Gasteiger partial charge >= 0.3 is 12.1 Å². The van der Waals surface area contributed by atoms with E-state index in [-0.39, 0.29) is 22.8 Å². The van der Waals surface area contributed by atoms with Gasteiger partial charge in [0.2, 0.25) is 5.95 Å². The van der Waals surface area contributed by atoms with Gasteiger partial charge in [0.25, 0.3) is 10.0 Å². The number of fused-ring (bicyclic) bond motifs is 1. The smallest absolute Gasteiger partial charge is 0.417 e. The fraction of sp³-hybridized carbons (Fsp3) is 0.125. The van der Waals surface area contributed by atoms with Gasteiger partial charge in [-0.05, 0) is 42.1 Å². The van der Waals surface area contributed by atoms with E-state index >= 15 is 0 Å². The first-order valence-electron chi connectivity index (χ1n) is 10.4. The molecule has 0 spiro atoms. The second kappa shape index (κ2) is 9.11. The van der Waals surface area contributed by atoms with Crippen LogP contribution in [0.25, 0.3) is 21.9 Å². The van der Waals surface area contributed by atoms with Crippen molar-refractivity contribution in [3.8, 4) is 11.1 Å². The lowest BCUT2D eigenvalue weighted by Crippen LogP contribution is -2.19. The Kier molecular flexibility index (Phi) is 6.31. The lowest BCUT2D eigenvalue weighted by atomic mass is 10.0. The van der Waals surface area contributed by atoms with Gasteiger partial charge in [-0.15, -0.1) is 0 Å². The third-order valence-electron chi connectivity index (χ3n) is 5.46. The molecule has 0 aliphatic rings. The van der Waals surface area contributed by atoms with Crippen LogP contribution < -0.4 is 10.5 Å². The molecule has 1 aromatic heterocycles. The predicted octanol–water partition coefficient (Wildman–Crippen LogP) is 4.79. The Morgan fingerprint density at radius 1 is 1.06 bits per heavy atom. The summed E-state index contributed by atoms with van der Waals surface area (Å²) in [5.41, 5.74) is 5.21. The number of anilines is 2. The van der Waals surface area contributed by atoms with E-state index in [0.717, 1.165) is 12.1 Å². The van der Waals surface area contributed by atoms with Crippen molar-refractivity contribution in [3.63, 3.8) is 0 Å². The second-order valence-corrected chi connectivity index (χ2v) is 9.39. The van der Waals surface area contributed by atoms with Crippen LogP contribution in [0.15, 0.2) is 65.7 Å². The van der Waals surface area contributed by atoms with Gasteiger partial charge in [-0.1, -0.05) is 30.3 Å². The number of nitrogens with zero attached hydrogens (tertiary/aromatic N) is 2. The highest BCUT2D eigenvalue weighted by atomic mass is 32.2. The number of alkyl halides is 3. The van der Waals surface area contributed by atoms with Crippen LogP contribution >= 0.6 is 0 Å². The molecule has 8 nitrogen and oxygen atoms in total. The summed E-state index contributed by atoms with van der Waals surface area (Å²) in [6.07, 6.45) is -3.64. The third-order valence-corrected chi connectivity index (χ3v) is 6.86. The van der Waals surface area contributed by atoms with Gasteiger partial charge in [-0.3, -0.25) is 4.72 Å². The highest BCUT2D eigenvalue weighted by molar-refractivity contribution is 7.92. The van der Waals surface area contributed by atoms with Crippen LogP contribution in [0.3, 0.4) is 0 Å². The van der Waals surface area contributed by atoms with Crippen molar-refractivity contribution in [1.29, 1.82) is 0 Å². The zero-order valence-electron chi connectivity index (χ0n) is 18.9. The average Bonchev–Trinajstić information content (AvgIpc) is 2.83. The minimum absolute atomic E-state index is 0.0104. The maximum atomic E-state index is 13.8. The van der Waals surface area contributed by atoms with Crippen molar-refractivity contribution in [2.75, 3.05) is 17.6 Å². The van der Waals surface area contributed by atoms with Gasteiger partial charge in [-0.25, -0.2) is 23.2 Å². The molecule has 186 valence electrons. The summed E-state index contributed by atoms with van der Waals surface area (Å²) in [4.78, 5) is 19.0. The Bertz CT molecular complexity index is 1610. The molecule has 0 bridgehead atoms. The molecule has 0 amide bonds. The van der Waals surface area contributed by atoms with Crippen molar-refractivity contribution in [2.45, 2.75) is 18.0 Å². The van der Waals surface area contributed by atoms with Gasteiger partial charge in [0, 0.05) is 17.1 Å². The lowest BCUT2D eigenvalue weighted by molar-refractivity contribution is -0.139. The highest BCUT2D eigenvalue weighted by Crippen LogP contribution is 2.38. The van der Waals surface area contributed by atoms with E-state index < -0.39 is 32.6 Å². The molecule has 4 aromatic rings. The number of aromatic nitrogens is 2. The molecule has 3 N–H and O–H groups in total. The molecule has 0 saturated heterocycles. The molecule has 0 saturated carbocycles. The summed E-state index contributed by atoms with van der Waals surface area (Å²) >= 11 is 0. The van der Waals surface area contributed by atoms with E-state index in [1.54, 1.807) is 25.1 Å². The number of sulfonamides is 1. The van der Waals surface area contributed by atoms with Crippen LogP contribution in [0, 0.1) is 6.92 Å². The molecule has 0 aliphatic heterocycles. The number of carbonyl (C=O) groups is 1. The Hall–Kier alpha value is -4.19. The summed E-state index contributed by atoms with van der Waals surface area (Å²) in [6, 6.07) is 11.7. The number of carbonyl (C=O) groups excluding carboxylic acids is 1. The van der Waals surface area contributed by atoms with Crippen LogP contribution in [0.1, 0.15) is 21.6 Å². The Balaban J connectivity index is 1.87. The molecule has 0 unspecified atom stereocenters. The maximum Gasteiger partial charge on any atom is 0.417 e. The Morgan fingerprint density at radius 2 is 1.75 bits per heavy atom. The number of aryl methyl sites for hydroxylation is 1. The van der Waals surface area contributed by atoms with Crippen LogP contribution in [0.4, 0.5) is 24.8 Å². The van der Waals surface area contributed by atoms with Crippen molar-refractivity contribution in [2.24, 2.45) is 0 Å². The monoisotopic (exact) mass is 516 g/mol. The number of ether oxygens (including phenoxy) is 1. The summed E-state index contributed by atoms with van der Waals surface area (Å²) in [5.74, 6) is -0.672. The van der Waals surface area contributed by atoms with E-state index in [2.05, 4.69) is 14.7 Å². The van der Waals surface area contributed by atoms with E-state index in [0.29, 0.717) is 28.1 Å². The zero-order valence-corrected chi connectivity index (χ0v) is 19.7. The normalized spacial score (nSPS) is 11.9. The van der Waals surface area contributed by atoms with Crippen molar-refractivity contribution in [1.82, 2.24) is 9.97 Å². The van der Waals surface area contributed by atoms with Gasteiger partial charge in [0.1, 0.15) is 4.90 Å². The SMILES string of the molecule is COC(=O)c1ccc(NS(=O)(=O)c2cc(-c3cnc(N)nc3C)ccc2C(F)(F)F)c2ccccc12. The molecule has 36 heavy (non-hydrogen) atoms. The molecular formula is C24H19F3N4O4S. The quantitative estimate of drug-likeness (QED) is 0.365. The molecule has 4 rings (SSSR count). The minimum Gasteiger partial charge on any atom is -0.465 e. The van der Waals surface area contributed by atoms with Gasteiger partial charge in [0.15, 0.2) is 0 Å². The van der Waals surface area contributed by atoms with E-state index in [1.165, 1.54) is 31.5 Å². The molecule has 0 fully saturated rings. The van der Waals surface area contributed by atoms with E-state index in [4.69, 9.17) is 10.5 Å². The third kappa shape index (κ3) is 4.67. The van der Waals surface area contributed by atoms with E-state index in [9.17, 15) is 26.4 Å². The largest absolute Gasteiger partial charge is 0.465 e. The molecule has 0 aliphatic carbocycles. The standard InChI is InChI=1S/C24H19F3N4O4S/c1-13-18(12-29-23(28)30-13)14-7-9-19(24(25,26)27)21(11-14)36(33,34)31-20-10-8-17(22(32)35-2)15-5-3-4-6-16(15)20/h3-12,31H,1-2H3,(H2,28,29,30). The molecule has 0 radical (unpaired) electrons. The number of methoxy groups -OCH3 is 1. The Labute approximate surface area is 204 Å². The lowest BCUT2D eigenvalue weighted by Gasteiger charge is -2.17. The van der Waals surface area contributed by atoms with Gasteiger partial charge in [-0.2, -0.15) is 13.2 Å². The number of esters is 1. The molecular weight excluding hydrogens is 497 g/mol. The van der Waals surface area contributed by atoms with Crippen molar-refractivity contribution >= 4 is 38.4 Å². The predicted molar refractivity (Wildman–Crippen MR) is 128 cm³/mol. The number of rotatable bonds is 5. The number of hydrogen-bond acceptors (Lipinski definition) is 7. The molecule has 3 aromatic carbocycles. The van der Waals surface area contributed by atoms with Gasteiger partial charge in [0.05, 0.1) is 29.6 Å². The number of benzene rings is 3. The fourth-order valence-corrected chi connectivity index (χ4v) is 5.12. The second-order valence-electron chi connectivity index (χ2n) is 7.74. The van der Waals surface area contributed by atoms with Crippen LogP contribution in [-0.2, 0) is 20.9 Å². The Morgan fingerprint density at radius 3 is 2.39 bits per heavy atom. The number of nitrogens with two attached hydrogens (primary N) is 1. The van der Waals surface area contributed by atoms with Crippen molar-refractivity contribution < 1.29 is 31.1 Å². The van der Waals surface area contributed by atoms with Crippen LogP contribution in [0.5, 0.6) is 0 Å². The summed E-state index contributed by atoms with van der Waals surface area (Å²) in [5, 5.41) is 0.667. The van der Waals surface area contributed by atoms with Gasteiger partial charge < -0.3 is 10.5 Å². The number of nitrogens with one attached hydrogen (secondary N) is 1. The first-order valence-corrected chi connectivity index (χ1v) is 11.8. The number of halogens is 3. The summed E-state index contributed by atoms with van der Waals surface area (Å²) < 4.78 is 75.2. The summed E-state index contributed by atoms with van der Waals surface area (Å²) in [6.45, 7) is 1.58. The zero-order chi connectivity index (χ0) is 26.3. The first-order chi connectivity index (χ1) is 16.9. The average molecular weight is 517 g/mol. The van der Waals surface area contributed by atoms with Crippen LogP contribution in [0.2, 0.25) is 0 Å². The van der Waals surface area contributed by atoms with Crippen molar-refractivity contribution in [3.05, 3.63) is 77.6 Å². The first kappa shape index (κ1) is 24.9. The molecule has 1 heterocycles. The highest BCUT2D eigenvalue weighted by Gasteiger charge is 2.37. The number of hydrogen-bond donors (Lipinski definition) is 2. The van der Waals surface area contributed by atoms with Crippen LogP contribution in [-0.4, -0.2) is 31.5 Å². The van der Waals surface area contributed by atoms with E-state index in [1.807, 2.05) is 0 Å².